The van der Waals surface area contributed by atoms with Gasteiger partial charge in [-0.2, -0.15) is 0 Å². The topological polar surface area (TPSA) is 33.1 Å². The minimum Gasteiger partial charge on any atom is -0.507 e. The molecule has 0 spiro atoms. The van der Waals surface area contributed by atoms with Gasteiger partial charge in [-0.15, -0.1) is 0 Å². The highest BCUT2D eigenvalue weighted by molar-refractivity contribution is 14.1. The molecule has 12 heavy (non-hydrogen) atoms. The number of nitrogens with zero attached hydrogens (tertiary/aromatic N) is 1. The van der Waals surface area contributed by atoms with Crippen molar-refractivity contribution in [1.82, 2.24) is 4.98 Å². The van der Waals surface area contributed by atoms with E-state index >= 15 is 0 Å². The summed E-state index contributed by atoms with van der Waals surface area (Å²) in [5.41, 5.74) is 0.916. The zero-order valence-electron chi connectivity index (χ0n) is 6.16. The lowest BCUT2D eigenvalue weighted by Gasteiger charge is -1.99. The second kappa shape index (κ2) is 2.90. The Bertz CT molecular complexity index is 387. The maximum Gasteiger partial charge on any atom is 0.129 e. The first-order valence-corrected chi connectivity index (χ1v) is 4.58. The summed E-state index contributed by atoms with van der Waals surface area (Å²) in [6.07, 6.45) is 1.75. The second-order valence-corrected chi connectivity index (χ2v) is 3.66. The molecule has 2 aromatic rings. The number of aromatic nitrogens is 1. The first-order chi connectivity index (χ1) is 5.77. The lowest BCUT2D eigenvalue weighted by atomic mass is 10.2. The van der Waals surface area contributed by atoms with Crippen molar-refractivity contribution in [2.75, 3.05) is 0 Å². The number of pyridine rings is 1. The summed E-state index contributed by atoms with van der Waals surface area (Å²) in [5, 5.41) is 10.3. The van der Waals surface area contributed by atoms with Crippen molar-refractivity contribution in [2.24, 2.45) is 0 Å². The van der Waals surface area contributed by atoms with Gasteiger partial charge in [0.25, 0.3) is 0 Å². The molecular weight excluding hydrogens is 265 g/mol. The fourth-order valence-corrected chi connectivity index (χ4v) is 1.53. The number of hydrogen-bond acceptors (Lipinski definition) is 2. The molecule has 0 aliphatic heterocycles. The molecular formula is C9H6INO. The highest BCUT2D eigenvalue weighted by Crippen LogP contribution is 2.24. The molecule has 60 valence electrons. The standard InChI is InChI=1S/C9H6INO/c10-7-5-8-6(4-9(7)12)2-1-3-11-8/h1-5,12H. The minimum absolute atomic E-state index is 0.316. The summed E-state index contributed by atoms with van der Waals surface area (Å²) in [4.78, 5) is 4.17. The predicted molar refractivity (Wildman–Crippen MR) is 56.1 cm³/mol. The summed E-state index contributed by atoms with van der Waals surface area (Å²) in [7, 11) is 0. The van der Waals surface area contributed by atoms with Crippen LogP contribution >= 0.6 is 22.6 Å². The first-order valence-electron chi connectivity index (χ1n) is 3.50. The highest BCUT2D eigenvalue weighted by atomic mass is 127. The van der Waals surface area contributed by atoms with Crippen LogP contribution in [-0.4, -0.2) is 10.1 Å². The van der Waals surface area contributed by atoms with Crippen LogP contribution in [0.5, 0.6) is 5.75 Å². The third kappa shape index (κ3) is 1.24. The Kier molecular flexibility index (Phi) is 1.88. The van der Waals surface area contributed by atoms with Crippen LogP contribution < -0.4 is 0 Å². The van der Waals surface area contributed by atoms with Gasteiger partial charge < -0.3 is 5.11 Å². The van der Waals surface area contributed by atoms with Gasteiger partial charge in [0.1, 0.15) is 5.75 Å². The van der Waals surface area contributed by atoms with Crippen molar-refractivity contribution in [1.29, 1.82) is 0 Å². The summed E-state index contributed by atoms with van der Waals surface area (Å²) < 4.78 is 0.832. The van der Waals surface area contributed by atoms with E-state index < -0.39 is 0 Å². The molecule has 0 fully saturated rings. The van der Waals surface area contributed by atoms with Crippen LogP contribution in [0, 0.1) is 3.57 Å². The number of halogens is 1. The lowest BCUT2D eigenvalue weighted by molar-refractivity contribution is 0.472. The number of phenols is 1. The Morgan fingerprint density at radius 3 is 3.00 bits per heavy atom. The van der Waals surface area contributed by atoms with Crippen LogP contribution in [0.1, 0.15) is 0 Å². The SMILES string of the molecule is Oc1cc2cccnc2cc1I. The Hall–Kier alpha value is -0.840. The van der Waals surface area contributed by atoms with E-state index in [1.54, 1.807) is 12.3 Å². The fourth-order valence-electron chi connectivity index (χ4n) is 1.08. The third-order valence-corrected chi connectivity index (χ3v) is 2.54. The Labute approximate surface area is 83.4 Å². The molecule has 0 unspecified atom stereocenters. The van der Waals surface area contributed by atoms with E-state index in [1.165, 1.54) is 0 Å². The van der Waals surface area contributed by atoms with E-state index in [0.29, 0.717) is 5.75 Å². The van der Waals surface area contributed by atoms with Crippen LogP contribution in [-0.2, 0) is 0 Å². The monoisotopic (exact) mass is 271 g/mol. The Balaban J connectivity index is 2.84. The average Bonchev–Trinajstić information content (AvgIpc) is 2.07. The molecule has 0 saturated heterocycles. The summed E-state index contributed by atoms with van der Waals surface area (Å²) >= 11 is 2.08. The van der Waals surface area contributed by atoms with Crippen molar-refractivity contribution in [2.45, 2.75) is 0 Å². The van der Waals surface area contributed by atoms with Gasteiger partial charge in [-0.25, -0.2) is 0 Å². The van der Waals surface area contributed by atoms with E-state index in [1.807, 2.05) is 18.2 Å². The Morgan fingerprint density at radius 2 is 2.17 bits per heavy atom. The van der Waals surface area contributed by atoms with Gasteiger partial charge >= 0.3 is 0 Å². The van der Waals surface area contributed by atoms with Crippen LogP contribution in [0.15, 0.2) is 30.5 Å². The predicted octanol–water partition coefficient (Wildman–Crippen LogP) is 2.55. The molecule has 1 heterocycles. The van der Waals surface area contributed by atoms with E-state index in [-0.39, 0.29) is 0 Å². The van der Waals surface area contributed by atoms with Gasteiger partial charge in [-0.1, -0.05) is 6.07 Å². The fraction of sp³-hybridized carbons (Fsp3) is 0. The summed E-state index contributed by atoms with van der Waals surface area (Å²) in [6.45, 7) is 0. The molecule has 2 rings (SSSR count). The average molecular weight is 271 g/mol. The quantitative estimate of drug-likeness (QED) is 0.747. The van der Waals surface area contributed by atoms with Crippen LogP contribution in [0.25, 0.3) is 10.9 Å². The molecule has 0 radical (unpaired) electrons. The van der Waals surface area contributed by atoms with Gasteiger partial charge in [0.15, 0.2) is 0 Å². The summed E-state index contributed by atoms with van der Waals surface area (Å²) in [5.74, 6) is 0.316. The minimum atomic E-state index is 0.316. The second-order valence-electron chi connectivity index (χ2n) is 2.50. The number of aromatic hydroxyl groups is 1. The smallest absolute Gasteiger partial charge is 0.129 e. The van der Waals surface area contributed by atoms with Crippen molar-refractivity contribution in [3.8, 4) is 5.75 Å². The van der Waals surface area contributed by atoms with E-state index in [4.69, 9.17) is 0 Å². The van der Waals surface area contributed by atoms with Crippen LogP contribution in [0.4, 0.5) is 0 Å². The lowest BCUT2D eigenvalue weighted by Crippen LogP contribution is -1.79. The molecule has 0 amide bonds. The van der Waals surface area contributed by atoms with Crippen LogP contribution in [0.3, 0.4) is 0 Å². The first kappa shape index (κ1) is 7.79. The van der Waals surface area contributed by atoms with Gasteiger partial charge in [0.2, 0.25) is 0 Å². The van der Waals surface area contributed by atoms with Gasteiger partial charge in [0.05, 0.1) is 9.09 Å². The van der Waals surface area contributed by atoms with Gasteiger partial charge in [-0.05, 0) is 40.8 Å². The zero-order chi connectivity index (χ0) is 8.55. The van der Waals surface area contributed by atoms with Crippen molar-refractivity contribution < 1.29 is 5.11 Å². The number of hydrogen-bond donors (Lipinski definition) is 1. The number of phenolic OH excluding ortho intramolecular Hbond substituents is 1. The molecule has 2 nitrogen and oxygen atoms in total. The number of benzene rings is 1. The molecule has 1 N–H and O–H groups in total. The van der Waals surface area contributed by atoms with Crippen LogP contribution in [0.2, 0.25) is 0 Å². The zero-order valence-corrected chi connectivity index (χ0v) is 8.32. The number of rotatable bonds is 0. The van der Waals surface area contributed by atoms with Gasteiger partial charge in [-0.3, -0.25) is 4.98 Å². The molecule has 0 aliphatic rings. The maximum atomic E-state index is 9.38. The molecule has 0 aliphatic carbocycles. The van der Waals surface area contributed by atoms with Crippen molar-refractivity contribution in [3.63, 3.8) is 0 Å². The largest absolute Gasteiger partial charge is 0.507 e. The summed E-state index contributed by atoms with van der Waals surface area (Å²) in [6, 6.07) is 7.38. The van der Waals surface area contributed by atoms with E-state index in [9.17, 15) is 5.11 Å². The Morgan fingerprint density at radius 1 is 1.33 bits per heavy atom. The molecule has 0 saturated carbocycles. The maximum absolute atomic E-state index is 9.38. The van der Waals surface area contributed by atoms with E-state index in [2.05, 4.69) is 27.6 Å². The molecule has 0 atom stereocenters. The van der Waals surface area contributed by atoms with Crippen molar-refractivity contribution >= 4 is 33.5 Å². The molecule has 1 aromatic heterocycles. The van der Waals surface area contributed by atoms with Gasteiger partial charge in [0, 0.05) is 11.6 Å². The number of fused-ring (bicyclic) bond motifs is 1. The molecule has 1 aromatic carbocycles. The normalized spacial score (nSPS) is 10.4. The van der Waals surface area contributed by atoms with Crippen molar-refractivity contribution in [3.05, 3.63) is 34.0 Å². The highest BCUT2D eigenvalue weighted by Gasteiger charge is 1.99. The molecule has 3 heteroatoms. The molecule has 0 bridgehead atoms. The third-order valence-electron chi connectivity index (χ3n) is 1.67. The van der Waals surface area contributed by atoms with E-state index in [0.717, 1.165) is 14.5 Å².